The van der Waals surface area contributed by atoms with E-state index in [1.807, 2.05) is 24.3 Å². The van der Waals surface area contributed by atoms with Crippen LogP contribution in [0.15, 0.2) is 28.7 Å². The molecule has 0 saturated carbocycles. The molecule has 2 heterocycles. The van der Waals surface area contributed by atoms with Gasteiger partial charge in [0.15, 0.2) is 0 Å². The first-order chi connectivity index (χ1) is 9.83. The van der Waals surface area contributed by atoms with E-state index >= 15 is 0 Å². The molecule has 1 N–H and O–H groups in total. The maximum atomic E-state index is 5.87. The van der Waals surface area contributed by atoms with Gasteiger partial charge in [-0.15, -0.1) is 0 Å². The Morgan fingerprint density at radius 2 is 2.25 bits per heavy atom. The third-order valence-electron chi connectivity index (χ3n) is 4.42. The molecule has 2 aliphatic rings. The van der Waals surface area contributed by atoms with Crippen molar-refractivity contribution in [3.8, 4) is 5.75 Å². The van der Waals surface area contributed by atoms with Gasteiger partial charge >= 0.3 is 0 Å². The Morgan fingerprint density at radius 1 is 1.30 bits per heavy atom. The maximum Gasteiger partial charge on any atom is 0.120 e. The molecular formula is C16H23BrN2O. The van der Waals surface area contributed by atoms with Crippen LogP contribution in [0.4, 0.5) is 0 Å². The Labute approximate surface area is 129 Å². The number of ether oxygens (including phenoxy) is 1. The molecule has 1 aromatic carbocycles. The first-order valence-electron chi connectivity index (χ1n) is 7.69. The average Bonchev–Trinajstić information content (AvgIpc) is 3.09. The maximum absolute atomic E-state index is 5.87. The lowest BCUT2D eigenvalue weighted by Crippen LogP contribution is -2.45. The summed E-state index contributed by atoms with van der Waals surface area (Å²) in [7, 11) is 0. The second-order valence-corrected chi connectivity index (χ2v) is 6.67. The minimum Gasteiger partial charge on any atom is -0.492 e. The van der Waals surface area contributed by atoms with E-state index in [0.29, 0.717) is 6.04 Å². The van der Waals surface area contributed by atoms with Crippen molar-refractivity contribution in [2.24, 2.45) is 0 Å². The van der Waals surface area contributed by atoms with Crippen molar-refractivity contribution in [2.45, 2.75) is 37.8 Å². The van der Waals surface area contributed by atoms with E-state index in [0.717, 1.165) is 29.4 Å². The Morgan fingerprint density at radius 3 is 3.05 bits per heavy atom. The Hall–Kier alpha value is -0.580. The minimum atomic E-state index is 0.711. The molecule has 1 aromatic rings. The first-order valence-corrected chi connectivity index (χ1v) is 8.48. The number of rotatable bonds is 5. The molecule has 2 atom stereocenters. The van der Waals surface area contributed by atoms with E-state index in [2.05, 4.69) is 26.1 Å². The van der Waals surface area contributed by atoms with Crippen LogP contribution in [0, 0.1) is 0 Å². The molecule has 110 valence electrons. The van der Waals surface area contributed by atoms with E-state index in [1.165, 1.54) is 38.8 Å². The first kappa shape index (κ1) is 14.4. The molecule has 0 aromatic heterocycles. The van der Waals surface area contributed by atoms with Crippen molar-refractivity contribution in [3.63, 3.8) is 0 Å². The van der Waals surface area contributed by atoms with Crippen LogP contribution in [0.5, 0.6) is 5.75 Å². The smallest absolute Gasteiger partial charge is 0.120 e. The zero-order valence-corrected chi connectivity index (χ0v) is 13.4. The molecule has 2 aliphatic heterocycles. The number of hydrogen-bond acceptors (Lipinski definition) is 3. The SMILES string of the molecule is Brc1cccc(OCCN2CCCC2C2CCCN2)c1. The number of likely N-dealkylation sites (tertiary alicyclic amines) is 1. The average molecular weight is 339 g/mol. The fraction of sp³-hybridized carbons (Fsp3) is 0.625. The molecule has 20 heavy (non-hydrogen) atoms. The van der Waals surface area contributed by atoms with Gasteiger partial charge in [0.2, 0.25) is 0 Å². The van der Waals surface area contributed by atoms with Crippen molar-refractivity contribution in [2.75, 3.05) is 26.2 Å². The van der Waals surface area contributed by atoms with Gasteiger partial charge in [-0.2, -0.15) is 0 Å². The third-order valence-corrected chi connectivity index (χ3v) is 4.91. The highest BCUT2D eigenvalue weighted by Gasteiger charge is 2.32. The van der Waals surface area contributed by atoms with Gasteiger partial charge in [-0.05, 0) is 57.0 Å². The Balaban J connectivity index is 1.47. The molecular weight excluding hydrogens is 316 g/mol. The summed E-state index contributed by atoms with van der Waals surface area (Å²) < 4.78 is 6.94. The number of hydrogen-bond donors (Lipinski definition) is 1. The summed E-state index contributed by atoms with van der Waals surface area (Å²) in [5.74, 6) is 0.953. The molecule has 3 rings (SSSR count). The zero-order chi connectivity index (χ0) is 13.8. The van der Waals surface area contributed by atoms with Crippen LogP contribution in [0.25, 0.3) is 0 Å². The standard InChI is InChI=1S/C16H23BrN2O/c17-13-4-1-5-14(12-13)20-11-10-19-9-3-7-16(19)15-6-2-8-18-15/h1,4-5,12,15-16,18H,2-3,6-11H2. The second kappa shape index (κ2) is 6.92. The highest BCUT2D eigenvalue weighted by Crippen LogP contribution is 2.24. The quantitative estimate of drug-likeness (QED) is 0.892. The van der Waals surface area contributed by atoms with Gasteiger partial charge in [0.25, 0.3) is 0 Å². The summed E-state index contributed by atoms with van der Waals surface area (Å²) in [5.41, 5.74) is 0. The van der Waals surface area contributed by atoms with Crippen LogP contribution in [0.1, 0.15) is 25.7 Å². The van der Waals surface area contributed by atoms with E-state index < -0.39 is 0 Å². The molecule has 2 unspecified atom stereocenters. The number of nitrogens with zero attached hydrogens (tertiary/aromatic N) is 1. The third kappa shape index (κ3) is 3.54. The number of benzene rings is 1. The predicted molar refractivity (Wildman–Crippen MR) is 85.3 cm³/mol. The largest absolute Gasteiger partial charge is 0.492 e. The molecule has 0 radical (unpaired) electrons. The fourth-order valence-corrected chi connectivity index (χ4v) is 3.84. The molecule has 3 nitrogen and oxygen atoms in total. The van der Waals surface area contributed by atoms with Crippen LogP contribution < -0.4 is 10.1 Å². The van der Waals surface area contributed by atoms with Crippen molar-refractivity contribution in [1.82, 2.24) is 10.2 Å². The van der Waals surface area contributed by atoms with Crippen molar-refractivity contribution >= 4 is 15.9 Å². The lowest BCUT2D eigenvalue weighted by atomic mass is 10.0. The minimum absolute atomic E-state index is 0.711. The highest BCUT2D eigenvalue weighted by atomic mass is 79.9. The highest BCUT2D eigenvalue weighted by molar-refractivity contribution is 9.10. The van der Waals surface area contributed by atoms with Crippen LogP contribution in [0.3, 0.4) is 0 Å². The molecule has 2 fully saturated rings. The van der Waals surface area contributed by atoms with E-state index in [9.17, 15) is 0 Å². The second-order valence-electron chi connectivity index (χ2n) is 5.75. The summed E-state index contributed by atoms with van der Waals surface area (Å²) in [5, 5.41) is 3.66. The monoisotopic (exact) mass is 338 g/mol. The van der Waals surface area contributed by atoms with Crippen LogP contribution in [-0.4, -0.2) is 43.2 Å². The van der Waals surface area contributed by atoms with Crippen molar-refractivity contribution < 1.29 is 4.74 Å². The summed E-state index contributed by atoms with van der Waals surface area (Å²) in [6.45, 7) is 4.24. The molecule has 0 aliphatic carbocycles. The Kier molecular flexibility index (Phi) is 4.97. The molecule has 0 bridgehead atoms. The van der Waals surface area contributed by atoms with E-state index in [1.54, 1.807) is 0 Å². The van der Waals surface area contributed by atoms with Crippen LogP contribution in [-0.2, 0) is 0 Å². The molecule has 2 saturated heterocycles. The van der Waals surface area contributed by atoms with Crippen LogP contribution >= 0.6 is 15.9 Å². The summed E-state index contributed by atoms with van der Waals surface area (Å²) in [4.78, 5) is 2.61. The van der Waals surface area contributed by atoms with Gasteiger partial charge in [-0.1, -0.05) is 22.0 Å². The predicted octanol–water partition coefficient (Wildman–Crippen LogP) is 3.04. The zero-order valence-electron chi connectivity index (χ0n) is 11.9. The lowest BCUT2D eigenvalue weighted by molar-refractivity contribution is 0.174. The summed E-state index contributed by atoms with van der Waals surface area (Å²) in [6.07, 6.45) is 5.35. The van der Waals surface area contributed by atoms with Crippen molar-refractivity contribution in [1.29, 1.82) is 0 Å². The van der Waals surface area contributed by atoms with Gasteiger partial charge in [-0.25, -0.2) is 0 Å². The number of nitrogens with one attached hydrogen (secondary N) is 1. The van der Waals surface area contributed by atoms with Gasteiger partial charge in [0.1, 0.15) is 12.4 Å². The van der Waals surface area contributed by atoms with Gasteiger partial charge in [0.05, 0.1) is 0 Å². The molecule has 0 amide bonds. The molecule has 0 spiro atoms. The van der Waals surface area contributed by atoms with E-state index in [-0.39, 0.29) is 0 Å². The van der Waals surface area contributed by atoms with E-state index in [4.69, 9.17) is 4.74 Å². The number of halogens is 1. The fourth-order valence-electron chi connectivity index (χ4n) is 3.46. The molecule has 4 heteroatoms. The Bertz CT molecular complexity index is 434. The normalized spacial score (nSPS) is 27.1. The topological polar surface area (TPSA) is 24.5 Å². The van der Waals surface area contributed by atoms with Gasteiger partial charge < -0.3 is 10.1 Å². The summed E-state index contributed by atoms with van der Waals surface area (Å²) in [6, 6.07) is 9.52. The van der Waals surface area contributed by atoms with Gasteiger partial charge in [0, 0.05) is 23.1 Å². The summed E-state index contributed by atoms with van der Waals surface area (Å²) >= 11 is 3.48. The van der Waals surface area contributed by atoms with Gasteiger partial charge in [-0.3, -0.25) is 4.90 Å². The van der Waals surface area contributed by atoms with Crippen LogP contribution in [0.2, 0.25) is 0 Å². The van der Waals surface area contributed by atoms with Crippen molar-refractivity contribution in [3.05, 3.63) is 28.7 Å². The lowest BCUT2D eigenvalue weighted by Gasteiger charge is -2.29.